The minimum absolute atomic E-state index is 0.0536. The number of ether oxygens (including phenoxy) is 1. The van der Waals surface area contributed by atoms with Crippen molar-refractivity contribution in [2.24, 2.45) is 0 Å². The minimum Gasteiger partial charge on any atom is -0.435 e. The van der Waals surface area contributed by atoms with E-state index in [0.717, 1.165) is 11.1 Å². The molecule has 0 unspecified atom stereocenters. The summed E-state index contributed by atoms with van der Waals surface area (Å²) in [5, 5.41) is 4.64. The van der Waals surface area contributed by atoms with Gasteiger partial charge in [-0.15, -0.1) is 11.3 Å². The Morgan fingerprint density at radius 1 is 1.00 bits per heavy atom. The van der Waals surface area contributed by atoms with Crippen LogP contribution in [0.4, 0.5) is 8.78 Å². The number of thiophene rings is 1. The van der Waals surface area contributed by atoms with Crippen molar-refractivity contribution >= 4 is 23.2 Å². The molecule has 3 aromatic rings. The van der Waals surface area contributed by atoms with Gasteiger partial charge < -0.3 is 15.0 Å². The normalized spacial score (nSPS) is 11.7. The second kappa shape index (κ2) is 10.7. The van der Waals surface area contributed by atoms with E-state index in [9.17, 15) is 18.4 Å². The van der Waals surface area contributed by atoms with Crippen LogP contribution in [0.1, 0.15) is 20.8 Å². The van der Waals surface area contributed by atoms with E-state index in [1.807, 2.05) is 30.3 Å². The Hall–Kier alpha value is -3.26. The molecule has 5 nitrogen and oxygen atoms in total. The van der Waals surface area contributed by atoms with Gasteiger partial charge in [0.05, 0.1) is 4.88 Å². The standard InChI is InChI=1S/C23H22F2N2O3S/c1-27(15-17-9-11-18(12-10-17)30-23(24)25)22(29)19(14-16-6-3-2-4-7-16)26-21(28)20-8-5-13-31-20/h2-13,19,23H,14-15H2,1H3,(H,26,28)/t19-/m0/s1. The van der Waals surface area contributed by atoms with E-state index in [0.29, 0.717) is 11.3 Å². The summed E-state index contributed by atoms with van der Waals surface area (Å²) in [6.07, 6.45) is 0.349. The van der Waals surface area contributed by atoms with Crippen LogP contribution in [0.15, 0.2) is 72.1 Å². The third kappa shape index (κ3) is 6.62. The van der Waals surface area contributed by atoms with E-state index in [1.54, 1.807) is 36.7 Å². The number of hydrogen-bond acceptors (Lipinski definition) is 4. The van der Waals surface area contributed by atoms with Crippen LogP contribution in [0.3, 0.4) is 0 Å². The van der Waals surface area contributed by atoms with Gasteiger partial charge in [-0.1, -0.05) is 48.5 Å². The number of hydrogen-bond donors (Lipinski definition) is 1. The van der Waals surface area contributed by atoms with E-state index in [4.69, 9.17) is 0 Å². The molecule has 1 atom stereocenters. The van der Waals surface area contributed by atoms with Crippen molar-refractivity contribution in [3.8, 4) is 5.75 Å². The predicted molar refractivity (Wildman–Crippen MR) is 115 cm³/mol. The molecule has 2 amide bonds. The fourth-order valence-corrected chi connectivity index (χ4v) is 3.71. The van der Waals surface area contributed by atoms with Crippen LogP contribution < -0.4 is 10.1 Å². The average molecular weight is 445 g/mol. The number of nitrogens with zero attached hydrogens (tertiary/aromatic N) is 1. The molecule has 31 heavy (non-hydrogen) atoms. The van der Waals surface area contributed by atoms with Crippen LogP contribution in [0, 0.1) is 0 Å². The number of rotatable bonds is 9. The monoisotopic (exact) mass is 444 g/mol. The van der Waals surface area contributed by atoms with Crippen molar-refractivity contribution < 1.29 is 23.1 Å². The fraction of sp³-hybridized carbons (Fsp3) is 0.217. The maximum absolute atomic E-state index is 13.2. The predicted octanol–water partition coefficient (Wildman–Crippen LogP) is 4.35. The van der Waals surface area contributed by atoms with Crippen LogP contribution in [0.25, 0.3) is 0 Å². The lowest BCUT2D eigenvalue weighted by molar-refractivity contribution is -0.132. The maximum Gasteiger partial charge on any atom is 0.387 e. The second-order valence-corrected chi connectivity index (χ2v) is 7.86. The van der Waals surface area contributed by atoms with E-state index in [2.05, 4.69) is 10.1 Å². The average Bonchev–Trinajstić information content (AvgIpc) is 3.29. The number of nitrogens with one attached hydrogen (secondary N) is 1. The van der Waals surface area contributed by atoms with Crippen molar-refractivity contribution in [3.05, 3.63) is 88.1 Å². The molecular formula is C23H22F2N2O3S. The van der Waals surface area contributed by atoms with Gasteiger partial charge in [0.1, 0.15) is 11.8 Å². The first-order valence-electron chi connectivity index (χ1n) is 9.59. The van der Waals surface area contributed by atoms with E-state index < -0.39 is 12.7 Å². The quantitative estimate of drug-likeness (QED) is 0.534. The van der Waals surface area contributed by atoms with Crippen LogP contribution in [-0.2, 0) is 17.8 Å². The van der Waals surface area contributed by atoms with Gasteiger partial charge >= 0.3 is 6.61 Å². The Kier molecular flexibility index (Phi) is 7.72. The first-order valence-corrected chi connectivity index (χ1v) is 10.5. The lowest BCUT2D eigenvalue weighted by Gasteiger charge is -2.25. The Balaban J connectivity index is 1.70. The Morgan fingerprint density at radius 2 is 1.71 bits per heavy atom. The van der Waals surface area contributed by atoms with Gasteiger partial charge in [0, 0.05) is 20.0 Å². The highest BCUT2D eigenvalue weighted by Gasteiger charge is 2.25. The van der Waals surface area contributed by atoms with Crippen LogP contribution >= 0.6 is 11.3 Å². The van der Waals surface area contributed by atoms with Crippen LogP contribution in [-0.4, -0.2) is 36.4 Å². The molecule has 0 aliphatic heterocycles. The highest BCUT2D eigenvalue weighted by molar-refractivity contribution is 7.12. The largest absolute Gasteiger partial charge is 0.435 e. The fourth-order valence-electron chi connectivity index (χ4n) is 3.08. The van der Waals surface area contributed by atoms with Gasteiger partial charge in [-0.2, -0.15) is 8.78 Å². The molecular weight excluding hydrogens is 422 g/mol. The smallest absolute Gasteiger partial charge is 0.387 e. The zero-order valence-corrected chi connectivity index (χ0v) is 17.6. The van der Waals surface area contributed by atoms with Crippen molar-refractivity contribution in [2.45, 2.75) is 25.6 Å². The second-order valence-electron chi connectivity index (χ2n) is 6.91. The molecule has 0 aliphatic carbocycles. The van der Waals surface area contributed by atoms with Crippen molar-refractivity contribution in [2.75, 3.05) is 7.05 Å². The number of benzene rings is 2. The first kappa shape index (κ1) is 22.4. The summed E-state index contributed by atoms with van der Waals surface area (Å²) in [6.45, 7) is -2.63. The zero-order chi connectivity index (χ0) is 22.2. The summed E-state index contributed by atoms with van der Waals surface area (Å²) < 4.78 is 28.9. The van der Waals surface area contributed by atoms with Gasteiger partial charge in [-0.25, -0.2) is 0 Å². The SMILES string of the molecule is CN(Cc1ccc(OC(F)F)cc1)C(=O)[C@H](Cc1ccccc1)NC(=O)c1cccs1. The Labute approximate surface area is 183 Å². The summed E-state index contributed by atoms with van der Waals surface area (Å²) in [5.74, 6) is -0.495. The molecule has 2 aromatic carbocycles. The molecule has 162 valence electrons. The Bertz CT molecular complexity index is 980. The minimum atomic E-state index is -2.89. The molecule has 0 saturated heterocycles. The molecule has 1 heterocycles. The molecule has 8 heteroatoms. The molecule has 1 N–H and O–H groups in total. The number of likely N-dealkylation sites (N-methyl/N-ethyl adjacent to an activating group) is 1. The number of carbonyl (C=O) groups is 2. The zero-order valence-electron chi connectivity index (χ0n) is 16.8. The molecule has 0 spiro atoms. The molecule has 0 fully saturated rings. The maximum atomic E-state index is 13.2. The third-order valence-electron chi connectivity index (χ3n) is 4.58. The summed E-state index contributed by atoms with van der Waals surface area (Å²) in [5.41, 5.74) is 1.68. The first-order chi connectivity index (χ1) is 14.9. The molecule has 0 bridgehead atoms. The van der Waals surface area contributed by atoms with Gasteiger partial charge in [-0.3, -0.25) is 9.59 Å². The third-order valence-corrected chi connectivity index (χ3v) is 5.44. The van der Waals surface area contributed by atoms with Gasteiger partial charge in [0.2, 0.25) is 5.91 Å². The van der Waals surface area contributed by atoms with Gasteiger partial charge in [0.25, 0.3) is 5.91 Å². The van der Waals surface area contributed by atoms with Crippen LogP contribution in [0.2, 0.25) is 0 Å². The molecule has 3 rings (SSSR count). The topological polar surface area (TPSA) is 58.6 Å². The van der Waals surface area contributed by atoms with Gasteiger partial charge in [-0.05, 0) is 34.7 Å². The number of amides is 2. The Morgan fingerprint density at radius 3 is 2.32 bits per heavy atom. The number of carbonyl (C=O) groups excluding carboxylic acids is 2. The lowest BCUT2D eigenvalue weighted by Crippen LogP contribution is -2.48. The lowest BCUT2D eigenvalue weighted by atomic mass is 10.0. The molecule has 0 aliphatic rings. The van der Waals surface area contributed by atoms with Crippen molar-refractivity contribution in [3.63, 3.8) is 0 Å². The number of halogens is 2. The summed E-state index contributed by atoms with van der Waals surface area (Å²) in [6, 6.07) is 18.3. The summed E-state index contributed by atoms with van der Waals surface area (Å²) in [7, 11) is 1.64. The van der Waals surface area contributed by atoms with Gasteiger partial charge in [0.15, 0.2) is 0 Å². The molecule has 0 radical (unpaired) electrons. The molecule has 0 saturated carbocycles. The summed E-state index contributed by atoms with van der Waals surface area (Å²) >= 11 is 1.31. The highest BCUT2D eigenvalue weighted by atomic mass is 32.1. The molecule has 1 aromatic heterocycles. The van der Waals surface area contributed by atoms with Crippen molar-refractivity contribution in [1.29, 1.82) is 0 Å². The van der Waals surface area contributed by atoms with E-state index in [-0.39, 0.29) is 24.1 Å². The van der Waals surface area contributed by atoms with E-state index >= 15 is 0 Å². The van der Waals surface area contributed by atoms with Crippen LogP contribution in [0.5, 0.6) is 5.75 Å². The summed E-state index contributed by atoms with van der Waals surface area (Å²) in [4.78, 5) is 27.8. The van der Waals surface area contributed by atoms with E-state index in [1.165, 1.54) is 28.4 Å². The van der Waals surface area contributed by atoms with Crippen molar-refractivity contribution in [1.82, 2.24) is 10.2 Å². The number of alkyl halides is 2. The highest BCUT2D eigenvalue weighted by Crippen LogP contribution is 2.17.